The average Bonchev–Trinajstić information content (AvgIpc) is 2.64. The van der Waals surface area contributed by atoms with Gasteiger partial charge < -0.3 is 5.32 Å². The van der Waals surface area contributed by atoms with Crippen LogP contribution in [0.4, 0.5) is 5.69 Å². The Morgan fingerprint density at radius 3 is 2.38 bits per heavy atom. The number of anilines is 1. The highest BCUT2D eigenvalue weighted by Crippen LogP contribution is 2.25. The number of amides is 1. The van der Waals surface area contributed by atoms with Crippen LogP contribution in [0.2, 0.25) is 0 Å². The van der Waals surface area contributed by atoms with Crippen LogP contribution in [0.15, 0.2) is 42.5 Å². The van der Waals surface area contributed by atoms with Crippen LogP contribution >= 0.6 is 0 Å². The number of aryl methyl sites for hydroxylation is 4. The van der Waals surface area contributed by atoms with Crippen molar-refractivity contribution in [2.75, 3.05) is 17.1 Å². The minimum atomic E-state index is -3.61. The molecule has 0 aromatic heterocycles. The molecule has 1 amide bonds. The zero-order chi connectivity index (χ0) is 21.6. The third kappa shape index (κ3) is 6.32. The maximum atomic E-state index is 12.8. The Balaban J connectivity index is 2.08. The summed E-state index contributed by atoms with van der Waals surface area (Å²) in [6.45, 7) is 8.31. The van der Waals surface area contributed by atoms with E-state index in [9.17, 15) is 13.2 Å². The number of carbonyl (C=O) groups is 1. The fourth-order valence-corrected chi connectivity index (χ4v) is 4.62. The molecule has 5 nitrogen and oxygen atoms in total. The number of hydrogen-bond acceptors (Lipinski definition) is 3. The van der Waals surface area contributed by atoms with Gasteiger partial charge in [-0.15, -0.1) is 0 Å². The van der Waals surface area contributed by atoms with E-state index in [-0.39, 0.29) is 5.91 Å². The number of carbonyl (C=O) groups excluding carboxylic acids is 1. The van der Waals surface area contributed by atoms with Crippen molar-refractivity contribution in [1.82, 2.24) is 5.32 Å². The molecule has 29 heavy (non-hydrogen) atoms. The van der Waals surface area contributed by atoms with E-state index in [0.717, 1.165) is 30.2 Å². The normalized spacial score (nSPS) is 12.4. The third-order valence-electron chi connectivity index (χ3n) is 5.10. The molecule has 0 fully saturated rings. The quantitative estimate of drug-likeness (QED) is 0.631. The largest absolute Gasteiger partial charge is 0.354 e. The first kappa shape index (κ1) is 22.9. The van der Waals surface area contributed by atoms with E-state index in [1.165, 1.54) is 15.4 Å². The van der Waals surface area contributed by atoms with Crippen LogP contribution in [-0.4, -0.2) is 33.2 Å². The summed E-state index contributed by atoms with van der Waals surface area (Å²) in [5.74, 6) is -0.264. The van der Waals surface area contributed by atoms with E-state index in [2.05, 4.69) is 30.4 Å². The van der Waals surface area contributed by atoms with Gasteiger partial charge in [-0.1, -0.05) is 42.8 Å². The molecule has 0 spiro atoms. The predicted octanol–water partition coefficient (Wildman–Crippen LogP) is 3.91. The van der Waals surface area contributed by atoms with E-state index in [1.807, 2.05) is 39.0 Å². The Labute approximate surface area is 175 Å². The Morgan fingerprint density at radius 2 is 1.79 bits per heavy atom. The van der Waals surface area contributed by atoms with Gasteiger partial charge in [-0.05, 0) is 68.9 Å². The molecule has 2 aromatic rings. The molecule has 0 aliphatic carbocycles. The van der Waals surface area contributed by atoms with Gasteiger partial charge >= 0.3 is 0 Å². The summed E-state index contributed by atoms with van der Waals surface area (Å²) >= 11 is 0. The molecular weight excluding hydrogens is 384 g/mol. The number of nitrogens with zero attached hydrogens (tertiary/aromatic N) is 1. The number of benzene rings is 2. The summed E-state index contributed by atoms with van der Waals surface area (Å²) in [6, 6.07) is 13.0. The molecule has 0 saturated carbocycles. The van der Waals surface area contributed by atoms with Crippen LogP contribution in [-0.2, 0) is 21.2 Å². The van der Waals surface area contributed by atoms with Crippen molar-refractivity contribution in [3.8, 4) is 0 Å². The zero-order valence-corrected chi connectivity index (χ0v) is 18.8. The van der Waals surface area contributed by atoms with Gasteiger partial charge in [-0.25, -0.2) is 8.42 Å². The van der Waals surface area contributed by atoms with Crippen LogP contribution in [0.25, 0.3) is 0 Å². The maximum Gasteiger partial charge on any atom is 0.243 e. The average molecular weight is 417 g/mol. The zero-order valence-electron chi connectivity index (χ0n) is 18.0. The second-order valence-corrected chi connectivity index (χ2v) is 9.49. The van der Waals surface area contributed by atoms with Crippen molar-refractivity contribution in [1.29, 1.82) is 0 Å². The highest BCUT2D eigenvalue weighted by Gasteiger charge is 2.31. The van der Waals surface area contributed by atoms with Crippen molar-refractivity contribution in [3.05, 3.63) is 64.7 Å². The molecule has 158 valence electrons. The minimum absolute atomic E-state index is 0.264. The van der Waals surface area contributed by atoms with Crippen molar-refractivity contribution in [3.63, 3.8) is 0 Å². The smallest absolute Gasteiger partial charge is 0.243 e. The van der Waals surface area contributed by atoms with Gasteiger partial charge in [0.1, 0.15) is 6.04 Å². The first-order chi connectivity index (χ1) is 13.6. The summed E-state index contributed by atoms with van der Waals surface area (Å²) in [4.78, 5) is 12.8. The molecule has 1 atom stereocenters. The summed E-state index contributed by atoms with van der Waals surface area (Å²) in [5, 5.41) is 2.92. The molecule has 0 radical (unpaired) electrons. The van der Waals surface area contributed by atoms with Gasteiger partial charge in [0.05, 0.1) is 11.9 Å². The van der Waals surface area contributed by atoms with Crippen LogP contribution in [0.5, 0.6) is 0 Å². The first-order valence-electron chi connectivity index (χ1n) is 10.0. The summed E-state index contributed by atoms with van der Waals surface area (Å²) in [7, 11) is -3.61. The number of nitrogens with one attached hydrogen (secondary N) is 1. The second-order valence-electron chi connectivity index (χ2n) is 7.64. The molecule has 1 N–H and O–H groups in total. The lowest BCUT2D eigenvalue weighted by molar-refractivity contribution is -0.122. The summed E-state index contributed by atoms with van der Waals surface area (Å²) < 4.78 is 26.3. The van der Waals surface area contributed by atoms with Crippen LogP contribution < -0.4 is 9.62 Å². The lowest BCUT2D eigenvalue weighted by atomic mass is 10.1. The summed E-state index contributed by atoms with van der Waals surface area (Å²) in [6.07, 6.45) is 3.21. The lowest BCUT2D eigenvalue weighted by Gasteiger charge is -2.30. The molecule has 0 aliphatic rings. The van der Waals surface area contributed by atoms with E-state index in [4.69, 9.17) is 0 Å². The first-order valence-corrected chi connectivity index (χ1v) is 11.9. The van der Waals surface area contributed by atoms with E-state index < -0.39 is 16.1 Å². The number of rotatable bonds is 9. The van der Waals surface area contributed by atoms with Crippen molar-refractivity contribution in [2.24, 2.45) is 0 Å². The molecule has 0 heterocycles. The van der Waals surface area contributed by atoms with Gasteiger partial charge in [-0.3, -0.25) is 9.10 Å². The van der Waals surface area contributed by atoms with E-state index in [1.54, 1.807) is 6.07 Å². The fraction of sp³-hybridized carbons (Fsp3) is 0.435. The Bertz CT molecular complexity index is 954. The van der Waals surface area contributed by atoms with Crippen molar-refractivity contribution < 1.29 is 13.2 Å². The SMILES string of the molecule is CCC(C(=O)NCCCc1cccc(C)c1)N(c1ccc(C)c(C)c1)S(C)(=O)=O. The van der Waals surface area contributed by atoms with Crippen molar-refractivity contribution in [2.45, 2.75) is 53.0 Å². The minimum Gasteiger partial charge on any atom is -0.354 e. The van der Waals surface area contributed by atoms with Crippen LogP contribution in [0, 0.1) is 20.8 Å². The second kappa shape index (κ2) is 9.92. The molecule has 6 heteroatoms. The molecule has 2 rings (SSSR count). The highest BCUT2D eigenvalue weighted by atomic mass is 32.2. The maximum absolute atomic E-state index is 12.8. The Kier molecular flexibility index (Phi) is 7.85. The van der Waals surface area contributed by atoms with Gasteiger partial charge in [0.25, 0.3) is 0 Å². The molecule has 0 saturated heterocycles. The molecule has 2 aromatic carbocycles. The lowest BCUT2D eigenvalue weighted by Crippen LogP contribution is -2.49. The van der Waals surface area contributed by atoms with E-state index >= 15 is 0 Å². The molecule has 0 bridgehead atoms. The van der Waals surface area contributed by atoms with Gasteiger partial charge in [0.15, 0.2) is 0 Å². The highest BCUT2D eigenvalue weighted by molar-refractivity contribution is 7.92. The molecule has 1 unspecified atom stereocenters. The van der Waals surface area contributed by atoms with Crippen molar-refractivity contribution >= 4 is 21.6 Å². The number of hydrogen-bond donors (Lipinski definition) is 1. The fourth-order valence-electron chi connectivity index (χ4n) is 3.41. The topological polar surface area (TPSA) is 66.5 Å². The van der Waals surface area contributed by atoms with Gasteiger partial charge in [-0.2, -0.15) is 0 Å². The molecule has 0 aliphatic heterocycles. The monoisotopic (exact) mass is 416 g/mol. The number of sulfonamides is 1. The summed E-state index contributed by atoms with van der Waals surface area (Å²) in [5.41, 5.74) is 5.05. The molecular formula is C23H32N2O3S. The predicted molar refractivity (Wildman–Crippen MR) is 120 cm³/mol. The van der Waals surface area contributed by atoms with Gasteiger partial charge in [0, 0.05) is 6.54 Å². The van der Waals surface area contributed by atoms with Crippen LogP contribution in [0.3, 0.4) is 0 Å². The van der Waals surface area contributed by atoms with Crippen LogP contribution in [0.1, 0.15) is 42.0 Å². The standard InChI is InChI=1S/C23H32N2O3S/c1-6-22(23(26)24-14-8-11-20-10-7-9-17(2)15-20)25(29(5,27)28)21-13-12-18(3)19(4)16-21/h7,9-10,12-13,15-16,22H,6,8,11,14H2,1-5H3,(H,24,26). The Hall–Kier alpha value is -2.34. The van der Waals surface area contributed by atoms with E-state index in [0.29, 0.717) is 18.7 Å². The van der Waals surface area contributed by atoms with Gasteiger partial charge in [0.2, 0.25) is 15.9 Å². The Morgan fingerprint density at radius 1 is 1.07 bits per heavy atom. The third-order valence-corrected chi connectivity index (χ3v) is 6.28.